The van der Waals surface area contributed by atoms with Gasteiger partial charge in [-0.15, -0.1) is 0 Å². The van der Waals surface area contributed by atoms with Crippen LogP contribution in [0.5, 0.6) is 0 Å². The van der Waals surface area contributed by atoms with Gasteiger partial charge in [0.05, 0.1) is 0 Å². The zero-order valence-electron chi connectivity index (χ0n) is 9.82. The summed E-state index contributed by atoms with van der Waals surface area (Å²) in [7, 11) is 3.53. The van der Waals surface area contributed by atoms with Crippen LogP contribution in [0.25, 0.3) is 0 Å². The Labute approximate surface area is 91.3 Å². The van der Waals surface area contributed by atoms with Gasteiger partial charge in [0.1, 0.15) is 0 Å². The lowest BCUT2D eigenvalue weighted by Crippen LogP contribution is -2.39. The molecule has 0 aliphatic heterocycles. The van der Waals surface area contributed by atoms with Crippen molar-refractivity contribution in [2.45, 2.75) is 13.8 Å². The van der Waals surface area contributed by atoms with E-state index in [4.69, 9.17) is 0 Å². The van der Waals surface area contributed by atoms with Gasteiger partial charge in [-0.1, -0.05) is 18.2 Å². The molecule has 3 nitrogen and oxygen atoms in total. The van der Waals surface area contributed by atoms with Gasteiger partial charge in [-0.2, -0.15) is 0 Å². The highest BCUT2D eigenvalue weighted by molar-refractivity contribution is 5.92. The van der Waals surface area contributed by atoms with Gasteiger partial charge in [0.15, 0.2) is 0 Å². The molecule has 1 rings (SSSR count). The van der Waals surface area contributed by atoms with Gasteiger partial charge in [0.25, 0.3) is 0 Å². The Bertz CT molecular complexity index is 347. The van der Waals surface area contributed by atoms with Crippen LogP contribution in [0.15, 0.2) is 24.3 Å². The van der Waals surface area contributed by atoms with E-state index in [0.717, 1.165) is 11.3 Å². The topological polar surface area (TPSA) is 23.6 Å². The van der Waals surface area contributed by atoms with Crippen LogP contribution in [0.1, 0.15) is 12.5 Å². The summed E-state index contributed by atoms with van der Waals surface area (Å²) >= 11 is 0. The van der Waals surface area contributed by atoms with E-state index in [0.29, 0.717) is 6.54 Å². The van der Waals surface area contributed by atoms with Gasteiger partial charge >= 0.3 is 6.03 Å². The van der Waals surface area contributed by atoms with Gasteiger partial charge in [-0.3, -0.25) is 4.90 Å². The maximum Gasteiger partial charge on any atom is 0.323 e. The third-order valence-electron chi connectivity index (χ3n) is 2.34. The molecular weight excluding hydrogens is 188 g/mol. The normalized spacial score (nSPS) is 9.87. The Morgan fingerprint density at radius 3 is 2.33 bits per heavy atom. The van der Waals surface area contributed by atoms with Crippen molar-refractivity contribution >= 4 is 11.7 Å². The summed E-state index contributed by atoms with van der Waals surface area (Å²) in [5, 5.41) is 0. The van der Waals surface area contributed by atoms with Crippen molar-refractivity contribution in [1.29, 1.82) is 0 Å². The van der Waals surface area contributed by atoms with E-state index in [2.05, 4.69) is 0 Å². The van der Waals surface area contributed by atoms with Crippen LogP contribution in [0.2, 0.25) is 0 Å². The van der Waals surface area contributed by atoms with Crippen LogP contribution in [-0.2, 0) is 0 Å². The molecule has 2 amide bonds. The standard InChI is InChI=1S/C12H18N2O/c1-5-14(12(15)13(3)4)11-9-7-6-8-10(11)2/h6-9H,5H2,1-4H3. The Morgan fingerprint density at radius 1 is 1.27 bits per heavy atom. The van der Waals surface area contributed by atoms with E-state index >= 15 is 0 Å². The van der Waals surface area contributed by atoms with Crippen LogP contribution in [0.4, 0.5) is 10.5 Å². The molecule has 1 aromatic rings. The van der Waals surface area contributed by atoms with Crippen molar-refractivity contribution in [2.24, 2.45) is 0 Å². The molecule has 0 spiro atoms. The third-order valence-corrected chi connectivity index (χ3v) is 2.34. The van der Waals surface area contributed by atoms with Crippen molar-refractivity contribution in [1.82, 2.24) is 4.90 Å². The molecular formula is C12H18N2O. The molecule has 0 aliphatic rings. The Kier molecular flexibility index (Phi) is 3.72. The summed E-state index contributed by atoms with van der Waals surface area (Å²) in [6.07, 6.45) is 0. The summed E-state index contributed by atoms with van der Waals surface area (Å²) in [6.45, 7) is 4.68. The first kappa shape index (κ1) is 11.6. The number of nitrogens with zero attached hydrogens (tertiary/aromatic N) is 2. The first-order valence-electron chi connectivity index (χ1n) is 5.12. The molecule has 82 valence electrons. The predicted octanol–water partition coefficient (Wildman–Crippen LogP) is 2.50. The fourth-order valence-electron chi connectivity index (χ4n) is 1.52. The highest BCUT2D eigenvalue weighted by Gasteiger charge is 2.16. The molecule has 0 aromatic heterocycles. The Balaban J connectivity index is 3.03. The van der Waals surface area contributed by atoms with Crippen molar-refractivity contribution in [3.05, 3.63) is 29.8 Å². The lowest BCUT2D eigenvalue weighted by Gasteiger charge is -2.26. The van der Waals surface area contributed by atoms with E-state index in [1.807, 2.05) is 38.1 Å². The van der Waals surface area contributed by atoms with Crippen molar-refractivity contribution < 1.29 is 4.79 Å². The van der Waals surface area contributed by atoms with Gasteiger partial charge in [0.2, 0.25) is 0 Å². The third kappa shape index (κ3) is 2.49. The lowest BCUT2D eigenvalue weighted by atomic mass is 10.2. The number of aryl methyl sites for hydroxylation is 1. The summed E-state index contributed by atoms with van der Waals surface area (Å²) < 4.78 is 0. The monoisotopic (exact) mass is 206 g/mol. The second-order valence-corrected chi connectivity index (χ2v) is 3.71. The number of rotatable bonds is 2. The number of benzene rings is 1. The smallest absolute Gasteiger partial charge is 0.323 e. The van der Waals surface area contributed by atoms with Crippen molar-refractivity contribution in [3.8, 4) is 0 Å². The number of anilines is 1. The van der Waals surface area contributed by atoms with E-state index in [9.17, 15) is 4.79 Å². The van der Waals surface area contributed by atoms with Crippen LogP contribution in [-0.4, -0.2) is 31.6 Å². The van der Waals surface area contributed by atoms with Gasteiger partial charge in [0, 0.05) is 26.3 Å². The number of hydrogen-bond acceptors (Lipinski definition) is 1. The number of urea groups is 1. The molecule has 0 radical (unpaired) electrons. The minimum absolute atomic E-state index is 0.0202. The maximum atomic E-state index is 11.9. The molecule has 0 saturated carbocycles. The van der Waals surface area contributed by atoms with Crippen LogP contribution in [0, 0.1) is 6.92 Å². The SMILES string of the molecule is CCN(C(=O)N(C)C)c1ccccc1C. The minimum Gasteiger partial charge on any atom is -0.330 e. The average molecular weight is 206 g/mol. The molecule has 0 saturated heterocycles. The predicted molar refractivity (Wildman–Crippen MR) is 63.3 cm³/mol. The van der Waals surface area contributed by atoms with Crippen LogP contribution in [0.3, 0.4) is 0 Å². The number of carbonyl (C=O) groups excluding carboxylic acids is 1. The van der Waals surface area contributed by atoms with Crippen molar-refractivity contribution in [2.75, 3.05) is 25.5 Å². The molecule has 0 atom stereocenters. The van der Waals surface area contributed by atoms with Crippen molar-refractivity contribution in [3.63, 3.8) is 0 Å². The summed E-state index contributed by atoms with van der Waals surface area (Å²) in [5.41, 5.74) is 2.10. The molecule has 0 bridgehead atoms. The average Bonchev–Trinajstić information content (AvgIpc) is 2.21. The van der Waals surface area contributed by atoms with E-state index in [1.54, 1.807) is 23.9 Å². The van der Waals surface area contributed by atoms with Gasteiger partial charge < -0.3 is 4.90 Å². The van der Waals surface area contributed by atoms with Crippen LogP contribution >= 0.6 is 0 Å². The molecule has 1 aromatic carbocycles. The molecule has 3 heteroatoms. The zero-order chi connectivity index (χ0) is 11.4. The highest BCUT2D eigenvalue weighted by atomic mass is 16.2. The highest BCUT2D eigenvalue weighted by Crippen LogP contribution is 2.19. The number of para-hydroxylation sites is 1. The second-order valence-electron chi connectivity index (χ2n) is 3.71. The lowest BCUT2D eigenvalue weighted by molar-refractivity contribution is 0.224. The molecule has 0 N–H and O–H groups in total. The first-order valence-corrected chi connectivity index (χ1v) is 5.12. The Hall–Kier alpha value is -1.51. The second kappa shape index (κ2) is 4.82. The van der Waals surface area contributed by atoms with Gasteiger partial charge in [-0.25, -0.2) is 4.79 Å². The zero-order valence-corrected chi connectivity index (χ0v) is 9.82. The summed E-state index contributed by atoms with van der Waals surface area (Å²) in [4.78, 5) is 15.2. The van der Waals surface area contributed by atoms with E-state index in [1.165, 1.54) is 0 Å². The van der Waals surface area contributed by atoms with Crippen LogP contribution < -0.4 is 4.90 Å². The minimum atomic E-state index is 0.0202. The molecule has 0 aliphatic carbocycles. The fraction of sp³-hybridized carbons (Fsp3) is 0.417. The molecule has 0 unspecified atom stereocenters. The summed E-state index contributed by atoms with van der Waals surface area (Å²) in [5.74, 6) is 0. The fourth-order valence-corrected chi connectivity index (χ4v) is 1.52. The maximum absolute atomic E-state index is 11.9. The summed E-state index contributed by atoms with van der Waals surface area (Å²) in [6, 6.07) is 7.94. The largest absolute Gasteiger partial charge is 0.330 e. The quantitative estimate of drug-likeness (QED) is 0.729. The Morgan fingerprint density at radius 2 is 1.87 bits per heavy atom. The van der Waals surface area contributed by atoms with E-state index < -0.39 is 0 Å². The van der Waals surface area contributed by atoms with E-state index in [-0.39, 0.29) is 6.03 Å². The number of hydrogen-bond donors (Lipinski definition) is 0. The number of amides is 2. The van der Waals surface area contributed by atoms with Gasteiger partial charge in [-0.05, 0) is 25.5 Å². The molecule has 15 heavy (non-hydrogen) atoms. The molecule has 0 heterocycles. The number of carbonyl (C=O) groups is 1. The first-order chi connectivity index (χ1) is 7.07. The molecule has 0 fully saturated rings.